The van der Waals surface area contributed by atoms with Crippen molar-refractivity contribution in [1.82, 2.24) is 4.98 Å². The number of aromatic amines is 1. The molecule has 2 heterocycles. The Hall–Kier alpha value is -3.15. The van der Waals surface area contributed by atoms with Crippen molar-refractivity contribution in [3.63, 3.8) is 0 Å². The number of hydrogen-bond donors (Lipinski definition) is 1. The number of rotatable bonds is 3. The SMILES string of the molecule is COC(=O)c1cc(C=C2N=C(c3ccccc3C)OC2=O)c[nH]1. The number of nitrogens with zero attached hydrogens (tertiary/aromatic N) is 1. The van der Waals surface area contributed by atoms with Gasteiger partial charge in [0.2, 0.25) is 5.90 Å². The van der Waals surface area contributed by atoms with E-state index in [1.54, 1.807) is 18.3 Å². The van der Waals surface area contributed by atoms with Crippen LogP contribution in [-0.2, 0) is 14.3 Å². The summed E-state index contributed by atoms with van der Waals surface area (Å²) in [6.45, 7) is 1.92. The van der Waals surface area contributed by atoms with Crippen molar-refractivity contribution in [3.05, 3.63) is 64.6 Å². The minimum Gasteiger partial charge on any atom is -0.464 e. The molecular weight excluding hydrogens is 296 g/mol. The van der Waals surface area contributed by atoms with E-state index in [4.69, 9.17) is 4.74 Å². The number of esters is 2. The summed E-state index contributed by atoms with van der Waals surface area (Å²) in [5, 5.41) is 0. The topological polar surface area (TPSA) is 80.8 Å². The highest BCUT2D eigenvalue weighted by atomic mass is 16.6. The number of methoxy groups -OCH3 is 1. The fourth-order valence-corrected chi connectivity index (χ4v) is 2.22. The summed E-state index contributed by atoms with van der Waals surface area (Å²) in [7, 11) is 1.30. The molecule has 0 saturated heterocycles. The van der Waals surface area contributed by atoms with Gasteiger partial charge in [0.05, 0.1) is 7.11 Å². The molecule has 1 aliphatic heterocycles. The molecule has 0 aliphatic carbocycles. The van der Waals surface area contributed by atoms with Crippen LogP contribution in [0.1, 0.15) is 27.2 Å². The van der Waals surface area contributed by atoms with E-state index in [0.29, 0.717) is 11.3 Å². The normalized spacial score (nSPS) is 15.5. The number of carbonyl (C=O) groups excluding carboxylic acids is 2. The monoisotopic (exact) mass is 310 g/mol. The van der Waals surface area contributed by atoms with E-state index in [9.17, 15) is 9.59 Å². The number of cyclic esters (lactones) is 1. The average molecular weight is 310 g/mol. The van der Waals surface area contributed by atoms with Crippen LogP contribution in [0.3, 0.4) is 0 Å². The second-order valence-corrected chi connectivity index (χ2v) is 4.99. The molecule has 0 amide bonds. The molecule has 2 aromatic rings. The van der Waals surface area contributed by atoms with E-state index in [0.717, 1.165) is 11.1 Å². The van der Waals surface area contributed by atoms with Gasteiger partial charge in [0.1, 0.15) is 5.69 Å². The lowest BCUT2D eigenvalue weighted by Crippen LogP contribution is -2.06. The van der Waals surface area contributed by atoms with Crippen LogP contribution in [0.4, 0.5) is 0 Å². The van der Waals surface area contributed by atoms with Crippen LogP contribution in [-0.4, -0.2) is 29.9 Å². The number of benzene rings is 1. The van der Waals surface area contributed by atoms with E-state index in [1.807, 2.05) is 31.2 Å². The van der Waals surface area contributed by atoms with E-state index < -0.39 is 11.9 Å². The minimum atomic E-state index is -0.524. The van der Waals surface area contributed by atoms with Crippen LogP contribution in [0.2, 0.25) is 0 Å². The molecule has 0 radical (unpaired) electrons. The highest BCUT2D eigenvalue weighted by Gasteiger charge is 2.25. The third-order valence-corrected chi connectivity index (χ3v) is 3.41. The number of nitrogens with one attached hydrogen (secondary N) is 1. The number of aliphatic imine (C=N–C) groups is 1. The lowest BCUT2D eigenvalue weighted by molar-refractivity contribution is -0.129. The van der Waals surface area contributed by atoms with Crippen molar-refractivity contribution in [2.24, 2.45) is 4.99 Å². The van der Waals surface area contributed by atoms with Gasteiger partial charge >= 0.3 is 11.9 Å². The van der Waals surface area contributed by atoms with Crippen LogP contribution < -0.4 is 0 Å². The van der Waals surface area contributed by atoms with Crippen LogP contribution >= 0.6 is 0 Å². The molecule has 6 nitrogen and oxygen atoms in total. The fourth-order valence-electron chi connectivity index (χ4n) is 2.22. The molecule has 0 spiro atoms. The van der Waals surface area contributed by atoms with Gasteiger partial charge in [0.15, 0.2) is 5.70 Å². The molecule has 0 unspecified atom stereocenters. The summed E-state index contributed by atoms with van der Waals surface area (Å²) in [6, 6.07) is 9.10. The average Bonchev–Trinajstić information content (AvgIpc) is 3.15. The summed E-state index contributed by atoms with van der Waals surface area (Å²) < 4.78 is 9.85. The Balaban J connectivity index is 1.91. The summed E-state index contributed by atoms with van der Waals surface area (Å²) in [5.74, 6) is -0.722. The van der Waals surface area contributed by atoms with Gasteiger partial charge < -0.3 is 14.5 Å². The van der Waals surface area contributed by atoms with Crippen molar-refractivity contribution in [1.29, 1.82) is 0 Å². The Labute approximate surface area is 132 Å². The zero-order chi connectivity index (χ0) is 16.4. The molecule has 0 atom stereocenters. The van der Waals surface area contributed by atoms with Crippen molar-refractivity contribution >= 4 is 23.9 Å². The molecule has 1 N–H and O–H groups in total. The maximum Gasteiger partial charge on any atom is 0.363 e. The number of aromatic nitrogens is 1. The Morgan fingerprint density at radius 3 is 2.87 bits per heavy atom. The van der Waals surface area contributed by atoms with Gasteiger partial charge in [-0.25, -0.2) is 14.6 Å². The predicted molar refractivity (Wildman–Crippen MR) is 83.9 cm³/mol. The zero-order valence-corrected chi connectivity index (χ0v) is 12.6. The number of ether oxygens (including phenoxy) is 2. The number of carbonyl (C=O) groups is 2. The van der Waals surface area contributed by atoms with Crippen LogP contribution in [0.5, 0.6) is 0 Å². The third kappa shape index (κ3) is 2.91. The first kappa shape index (κ1) is 14.8. The van der Waals surface area contributed by atoms with E-state index in [2.05, 4.69) is 14.7 Å². The first-order valence-electron chi connectivity index (χ1n) is 6.94. The van der Waals surface area contributed by atoms with Crippen molar-refractivity contribution in [2.45, 2.75) is 6.92 Å². The Bertz CT molecular complexity index is 846. The molecule has 0 fully saturated rings. The molecule has 0 bridgehead atoms. The molecule has 1 aliphatic rings. The van der Waals surface area contributed by atoms with Crippen molar-refractivity contribution in [2.75, 3.05) is 7.11 Å². The highest BCUT2D eigenvalue weighted by molar-refractivity contribution is 6.13. The Morgan fingerprint density at radius 1 is 1.35 bits per heavy atom. The molecule has 0 saturated carbocycles. The quantitative estimate of drug-likeness (QED) is 0.697. The van der Waals surface area contributed by atoms with Crippen LogP contribution in [0, 0.1) is 6.92 Å². The maximum atomic E-state index is 12.0. The van der Waals surface area contributed by atoms with Crippen molar-refractivity contribution < 1.29 is 19.1 Å². The van der Waals surface area contributed by atoms with Crippen LogP contribution in [0.25, 0.3) is 6.08 Å². The lowest BCUT2D eigenvalue weighted by atomic mass is 10.1. The van der Waals surface area contributed by atoms with Gasteiger partial charge in [-0.15, -0.1) is 0 Å². The van der Waals surface area contributed by atoms with Crippen LogP contribution in [0.15, 0.2) is 47.2 Å². The standard InChI is InChI=1S/C17H14N2O4/c1-10-5-3-4-6-12(10)15-19-14(17(21)23-15)8-11-7-13(18-9-11)16(20)22-2/h3-9,18H,1-2H3. The number of hydrogen-bond acceptors (Lipinski definition) is 5. The number of H-pyrrole nitrogens is 1. The molecule has 23 heavy (non-hydrogen) atoms. The van der Waals surface area contributed by atoms with Gasteiger partial charge in [-0.1, -0.05) is 18.2 Å². The molecule has 6 heteroatoms. The van der Waals surface area contributed by atoms with E-state index >= 15 is 0 Å². The second kappa shape index (κ2) is 5.92. The summed E-state index contributed by atoms with van der Waals surface area (Å²) in [6.07, 6.45) is 3.14. The third-order valence-electron chi connectivity index (χ3n) is 3.41. The second-order valence-electron chi connectivity index (χ2n) is 4.99. The largest absolute Gasteiger partial charge is 0.464 e. The van der Waals surface area contributed by atoms with E-state index in [-0.39, 0.29) is 11.6 Å². The first-order valence-corrected chi connectivity index (χ1v) is 6.94. The van der Waals surface area contributed by atoms with Gasteiger partial charge in [-0.05, 0) is 36.3 Å². The summed E-state index contributed by atoms with van der Waals surface area (Å²) in [5.41, 5.74) is 2.85. The molecule has 3 rings (SSSR count). The summed E-state index contributed by atoms with van der Waals surface area (Å²) in [4.78, 5) is 30.4. The zero-order valence-electron chi connectivity index (χ0n) is 12.6. The minimum absolute atomic E-state index is 0.179. The smallest absolute Gasteiger partial charge is 0.363 e. The summed E-state index contributed by atoms with van der Waals surface area (Å²) >= 11 is 0. The highest BCUT2D eigenvalue weighted by Crippen LogP contribution is 2.21. The van der Waals surface area contributed by atoms with Gasteiger partial charge in [0, 0.05) is 11.8 Å². The molecule has 1 aromatic heterocycles. The number of aryl methyl sites for hydroxylation is 1. The molecule has 1 aromatic carbocycles. The van der Waals surface area contributed by atoms with Gasteiger partial charge in [-0.3, -0.25) is 0 Å². The Morgan fingerprint density at radius 2 is 2.13 bits per heavy atom. The van der Waals surface area contributed by atoms with Crippen molar-refractivity contribution in [3.8, 4) is 0 Å². The first-order chi connectivity index (χ1) is 11.1. The molecule has 116 valence electrons. The van der Waals surface area contributed by atoms with E-state index in [1.165, 1.54) is 7.11 Å². The molecular formula is C17H14N2O4. The lowest BCUT2D eigenvalue weighted by Gasteiger charge is -2.02. The predicted octanol–water partition coefficient (Wildman–Crippen LogP) is 2.45. The Kier molecular flexibility index (Phi) is 3.80. The van der Waals surface area contributed by atoms with Gasteiger partial charge in [0.25, 0.3) is 0 Å². The van der Waals surface area contributed by atoms with Gasteiger partial charge in [-0.2, -0.15) is 0 Å². The maximum absolute atomic E-state index is 12.0. The fraction of sp³-hybridized carbons (Fsp3) is 0.118.